The van der Waals surface area contributed by atoms with Crippen LogP contribution in [0, 0.1) is 0 Å². The molecule has 1 aliphatic carbocycles. The lowest BCUT2D eigenvalue weighted by atomic mass is 9.82. The fourth-order valence-electron chi connectivity index (χ4n) is 5.42. The number of hydrogen-bond donors (Lipinski definition) is 2. The van der Waals surface area contributed by atoms with E-state index in [0.717, 1.165) is 60.6 Å². The third-order valence-electron chi connectivity index (χ3n) is 7.00. The molecule has 3 aliphatic heterocycles. The minimum Gasteiger partial charge on any atom is -0.483 e. The van der Waals surface area contributed by atoms with Gasteiger partial charge in [-0.3, -0.25) is 9.89 Å². The van der Waals surface area contributed by atoms with Crippen LogP contribution in [-0.2, 0) is 19.6 Å². The molecule has 2 aromatic rings. The number of nitrogens with one attached hydrogen (secondary N) is 2. The second kappa shape index (κ2) is 8.64. The van der Waals surface area contributed by atoms with Gasteiger partial charge in [-0.1, -0.05) is 0 Å². The standard InChI is InChI=1S/C22H30N4O5S/c1-32(28,29)25-18-3-2-8-26-20(18)12-30-16-6-4-14(5-7-16)17-9-15-11-23-24-19(15)10-21(17)31-13-22(26)27/h9-11,14,16,18,20,25H,2-8,12-13H2,1H3,(H,23,24)/t14?,16?,18-,20?/m0/s1. The highest BCUT2D eigenvalue weighted by Gasteiger charge is 2.37. The average molecular weight is 463 g/mol. The number of H-pyrrole nitrogens is 1. The van der Waals surface area contributed by atoms with E-state index >= 15 is 0 Å². The van der Waals surface area contributed by atoms with Crippen LogP contribution in [0.4, 0.5) is 0 Å². The molecule has 1 aromatic carbocycles. The van der Waals surface area contributed by atoms with Gasteiger partial charge < -0.3 is 14.4 Å². The van der Waals surface area contributed by atoms with Crippen LogP contribution < -0.4 is 9.46 Å². The van der Waals surface area contributed by atoms with Crippen molar-refractivity contribution in [3.63, 3.8) is 0 Å². The molecule has 0 spiro atoms. The van der Waals surface area contributed by atoms with Gasteiger partial charge in [-0.25, -0.2) is 13.1 Å². The predicted octanol–water partition coefficient (Wildman–Crippen LogP) is 1.91. The maximum atomic E-state index is 13.2. The van der Waals surface area contributed by atoms with E-state index in [2.05, 4.69) is 21.0 Å². The van der Waals surface area contributed by atoms with Crippen LogP contribution in [0.25, 0.3) is 10.9 Å². The van der Waals surface area contributed by atoms with Crippen LogP contribution in [0.5, 0.6) is 5.75 Å². The third-order valence-corrected chi connectivity index (χ3v) is 7.73. The molecule has 1 unspecified atom stereocenters. The summed E-state index contributed by atoms with van der Waals surface area (Å²) in [6.07, 6.45) is 8.32. The van der Waals surface area contributed by atoms with Crippen molar-refractivity contribution in [3.8, 4) is 5.75 Å². The second-order valence-electron chi connectivity index (χ2n) is 9.24. The van der Waals surface area contributed by atoms with Crippen molar-refractivity contribution < 1.29 is 22.7 Å². The number of sulfonamides is 1. The zero-order chi connectivity index (χ0) is 22.3. The Kier molecular flexibility index (Phi) is 5.85. The summed E-state index contributed by atoms with van der Waals surface area (Å²) in [4.78, 5) is 15.0. The minimum absolute atomic E-state index is 0.0924. The number of aromatic amines is 1. The van der Waals surface area contributed by atoms with Crippen molar-refractivity contribution in [2.45, 2.75) is 62.6 Å². The largest absolute Gasteiger partial charge is 0.483 e. The molecule has 32 heavy (non-hydrogen) atoms. The van der Waals surface area contributed by atoms with E-state index in [9.17, 15) is 13.2 Å². The average Bonchev–Trinajstić information content (AvgIpc) is 3.22. The Morgan fingerprint density at radius 1 is 1.19 bits per heavy atom. The number of rotatable bonds is 2. The number of carbonyl (C=O) groups excluding carboxylic acids is 1. The summed E-state index contributed by atoms with van der Waals surface area (Å²) >= 11 is 0. The molecule has 1 saturated heterocycles. The SMILES string of the molecule is CS(=O)(=O)N[C@H]1CCCN2C(=O)COc3cc4[nH]ncc4cc3C3CCC(CC3)OCC12. The number of nitrogens with zero attached hydrogens (tertiary/aromatic N) is 2. The van der Waals surface area contributed by atoms with Gasteiger partial charge in [-0.15, -0.1) is 0 Å². The zero-order valence-corrected chi connectivity index (χ0v) is 19.1. The highest BCUT2D eigenvalue weighted by molar-refractivity contribution is 7.88. The molecule has 9 nitrogen and oxygen atoms in total. The monoisotopic (exact) mass is 462 g/mol. The first-order valence-electron chi connectivity index (χ1n) is 11.4. The van der Waals surface area contributed by atoms with Crippen molar-refractivity contribution in [2.75, 3.05) is 26.0 Å². The number of fused-ring (bicyclic) bond motifs is 6. The first-order chi connectivity index (χ1) is 15.4. The highest BCUT2D eigenvalue weighted by atomic mass is 32.2. The summed E-state index contributed by atoms with van der Waals surface area (Å²) in [5, 5.41) is 8.15. The molecule has 1 amide bonds. The lowest BCUT2D eigenvalue weighted by Crippen LogP contribution is -2.59. The van der Waals surface area contributed by atoms with Crippen molar-refractivity contribution in [2.24, 2.45) is 0 Å². The summed E-state index contributed by atoms with van der Waals surface area (Å²) in [7, 11) is -3.40. The zero-order valence-electron chi connectivity index (χ0n) is 18.2. The third kappa shape index (κ3) is 4.49. The van der Waals surface area contributed by atoms with Crippen molar-refractivity contribution >= 4 is 26.8 Å². The molecular weight excluding hydrogens is 432 g/mol. The van der Waals surface area contributed by atoms with Gasteiger partial charge in [0.1, 0.15) is 5.75 Å². The van der Waals surface area contributed by atoms with Gasteiger partial charge >= 0.3 is 0 Å². The summed E-state index contributed by atoms with van der Waals surface area (Å²) in [6, 6.07) is 3.36. The summed E-state index contributed by atoms with van der Waals surface area (Å²) in [5.41, 5.74) is 2.00. The number of benzene rings is 1. The van der Waals surface area contributed by atoms with Crippen LogP contribution in [-0.4, -0.2) is 73.6 Å². The molecule has 4 aliphatic rings. The normalized spacial score (nSPS) is 29.4. The molecule has 0 radical (unpaired) electrons. The van der Waals surface area contributed by atoms with E-state index in [1.54, 1.807) is 4.90 Å². The Morgan fingerprint density at radius 2 is 2.00 bits per heavy atom. The first-order valence-corrected chi connectivity index (χ1v) is 13.2. The molecule has 1 aromatic heterocycles. The van der Waals surface area contributed by atoms with Gasteiger partial charge in [0, 0.05) is 24.0 Å². The van der Waals surface area contributed by atoms with Gasteiger partial charge in [-0.05, 0) is 56.1 Å². The Bertz CT molecular complexity index is 1090. The van der Waals surface area contributed by atoms with Gasteiger partial charge in [0.2, 0.25) is 10.0 Å². The second-order valence-corrected chi connectivity index (χ2v) is 11.0. The number of amides is 1. The van der Waals surface area contributed by atoms with Crippen molar-refractivity contribution in [1.82, 2.24) is 19.8 Å². The number of ether oxygens (including phenoxy) is 2. The van der Waals surface area contributed by atoms with E-state index in [0.29, 0.717) is 25.5 Å². The Labute approximate surface area is 187 Å². The van der Waals surface area contributed by atoms with E-state index in [1.165, 1.54) is 0 Å². The van der Waals surface area contributed by atoms with Crippen LogP contribution in [0.2, 0.25) is 0 Å². The number of aromatic nitrogens is 2. The maximum Gasteiger partial charge on any atom is 0.260 e. The van der Waals surface area contributed by atoms with Crippen LogP contribution in [0.15, 0.2) is 18.3 Å². The minimum atomic E-state index is -3.40. The molecular formula is C22H30N4O5S. The smallest absolute Gasteiger partial charge is 0.260 e. The van der Waals surface area contributed by atoms with E-state index in [1.807, 2.05) is 12.3 Å². The van der Waals surface area contributed by atoms with Gasteiger partial charge in [0.05, 0.1) is 36.7 Å². The first kappa shape index (κ1) is 21.7. The fourth-order valence-corrected chi connectivity index (χ4v) is 6.24. The number of carbonyl (C=O) groups is 1. The molecule has 4 heterocycles. The Morgan fingerprint density at radius 3 is 2.78 bits per heavy atom. The van der Waals surface area contributed by atoms with Gasteiger partial charge in [0.25, 0.3) is 5.91 Å². The van der Waals surface area contributed by atoms with Crippen molar-refractivity contribution in [1.29, 1.82) is 0 Å². The molecule has 2 N–H and O–H groups in total. The van der Waals surface area contributed by atoms with Crippen LogP contribution >= 0.6 is 0 Å². The van der Waals surface area contributed by atoms with Crippen molar-refractivity contribution in [3.05, 3.63) is 23.9 Å². The van der Waals surface area contributed by atoms with E-state index < -0.39 is 10.0 Å². The number of hydrogen-bond acceptors (Lipinski definition) is 6. The topological polar surface area (TPSA) is 114 Å². The summed E-state index contributed by atoms with van der Waals surface area (Å²) < 4.78 is 39.0. The number of piperidine rings is 1. The molecule has 6 rings (SSSR count). The van der Waals surface area contributed by atoms with E-state index in [4.69, 9.17) is 9.47 Å². The molecule has 10 heteroatoms. The Hall–Kier alpha value is -2.17. The Balaban J connectivity index is 1.47. The van der Waals surface area contributed by atoms with Crippen LogP contribution in [0.1, 0.15) is 50.0 Å². The van der Waals surface area contributed by atoms with Gasteiger partial charge in [-0.2, -0.15) is 5.10 Å². The summed E-state index contributed by atoms with van der Waals surface area (Å²) in [5.74, 6) is 0.918. The van der Waals surface area contributed by atoms with Gasteiger partial charge in [0.15, 0.2) is 6.61 Å². The molecule has 1 saturated carbocycles. The highest BCUT2D eigenvalue weighted by Crippen LogP contribution is 2.40. The van der Waals surface area contributed by atoms with Crippen LogP contribution in [0.3, 0.4) is 0 Å². The molecule has 2 bridgehead atoms. The predicted molar refractivity (Wildman–Crippen MR) is 119 cm³/mol. The molecule has 174 valence electrons. The lowest BCUT2D eigenvalue weighted by molar-refractivity contribution is -0.140. The van der Waals surface area contributed by atoms with E-state index in [-0.39, 0.29) is 30.7 Å². The maximum absolute atomic E-state index is 13.2. The lowest BCUT2D eigenvalue weighted by Gasteiger charge is -2.41. The molecule has 2 atom stereocenters. The molecule has 2 fully saturated rings. The summed E-state index contributed by atoms with van der Waals surface area (Å²) in [6.45, 7) is 0.804. The quantitative estimate of drug-likeness (QED) is 0.705. The fraction of sp³-hybridized carbons (Fsp3) is 0.636.